The summed E-state index contributed by atoms with van der Waals surface area (Å²) in [7, 11) is 0. The second kappa shape index (κ2) is 4.11. The van der Waals surface area contributed by atoms with E-state index in [4.69, 9.17) is 11.6 Å². The molecule has 0 spiro atoms. The summed E-state index contributed by atoms with van der Waals surface area (Å²) >= 11 is 6.01. The highest BCUT2D eigenvalue weighted by atomic mass is 35.5. The molecule has 0 radical (unpaired) electrons. The zero-order chi connectivity index (χ0) is 11.0. The van der Waals surface area contributed by atoms with Gasteiger partial charge in [-0.1, -0.05) is 11.6 Å². The molecular formula is C12H15ClFN. The molecule has 1 atom stereocenters. The Hall–Kier alpha value is -0.600. The summed E-state index contributed by atoms with van der Waals surface area (Å²) in [6.07, 6.45) is 1.07. The molecule has 1 aliphatic heterocycles. The lowest BCUT2D eigenvalue weighted by Gasteiger charge is -2.17. The van der Waals surface area contributed by atoms with Crippen molar-refractivity contribution in [1.29, 1.82) is 0 Å². The number of rotatable bonds is 1. The van der Waals surface area contributed by atoms with E-state index in [-0.39, 0.29) is 5.82 Å². The van der Waals surface area contributed by atoms with Gasteiger partial charge < -0.3 is 5.32 Å². The molecule has 0 saturated carbocycles. The van der Waals surface area contributed by atoms with Gasteiger partial charge in [0.2, 0.25) is 0 Å². The Balaban J connectivity index is 2.52. The first kappa shape index (κ1) is 10.9. The Kier molecular flexibility index (Phi) is 2.98. The van der Waals surface area contributed by atoms with Gasteiger partial charge >= 0.3 is 0 Å². The first-order chi connectivity index (χ1) is 7.11. The summed E-state index contributed by atoms with van der Waals surface area (Å²) in [6.45, 7) is 5.76. The Morgan fingerprint density at radius 3 is 2.73 bits per heavy atom. The molecule has 0 aromatic heterocycles. The second-order valence-corrected chi connectivity index (χ2v) is 4.60. The lowest BCUT2D eigenvalue weighted by atomic mass is 9.90. The minimum absolute atomic E-state index is 0.188. The lowest BCUT2D eigenvalue weighted by Crippen LogP contribution is -2.10. The van der Waals surface area contributed by atoms with Crippen LogP contribution in [0.4, 0.5) is 4.39 Å². The van der Waals surface area contributed by atoms with Crippen molar-refractivity contribution in [2.75, 3.05) is 13.1 Å². The molecule has 1 unspecified atom stereocenters. The van der Waals surface area contributed by atoms with Crippen LogP contribution in [0.1, 0.15) is 29.0 Å². The van der Waals surface area contributed by atoms with Crippen molar-refractivity contribution in [3.63, 3.8) is 0 Å². The van der Waals surface area contributed by atoms with Crippen LogP contribution in [0.15, 0.2) is 6.07 Å². The van der Waals surface area contributed by atoms with Crippen molar-refractivity contribution in [3.05, 3.63) is 33.6 Å². The van der Waals surface area contributed by atoms with Gasteiger partial charge in [-0.05, 0) is 55.5 Å². The summed E-state index contributed by atoms with van der Waals surface area (Å²) in [5, 5.41) is 3.84. The minimum Gasteiger partial charge on any atom is -0.316 e. The molecule has 0 aliphatic carbocycles. The Bertz CT molecular complexity index is 357. The zero-order valence-corrected chi connectivity index (χ0v) is 9.79. The number of benzene rings is 1. The van der Waals surface area contributed by atoms with Crippen LogP contribution in [0, 0.1) is 19.7 Å². The summed E-state index contributed by atoms with van der Waals surface area (Å²) in [6, 6.07) is 1.41. The molecule has 3 heteroatoms. The molecule has 1 fully saturated rings. The van der Waals surface area contributed by atoms with Crippen LogP contribution in [0.25, 0.3) is 0 Å². The highest BCUT2D eigenvalue weighted by Gasteiger charge is 2.23. The fraction of sp³-hybridized carbons (Fsp3) is 0.500. The van der Waals surface area contributed by atoms with E-state index in [9.17, 15) is 4.39 Å². The standard InChI is InChI=1S/C12H15ClFN/c1-7-10(13)5-11(14)8(2)12(7)9-3-4-15-6-9/h5,9,15H,3-4,6H2,1-2H3. The number of hydrogen-bond acceptors (Lipinski definition) is 1. The number of nitrogens with one attached hydrogen (secondary N) is 1. The van der Waals surface area contributed by atoms with E-state index in [1.165, 1.54) is 6.07 Å². The lowest BCUT2D eigenvalue weighted by molar-refractivity contribution is 0.608. The largest absolute Gasteiger partial charge is 0.316 e. The maximum Gasteiger partial charge on any atom is 0.127 e. The van der Waals surface area contributed by atoms with E-state index >= 15 is 0 Å². The van der Waals surface area contributed by atoms with Crippen LogP contribution in [0.2, 0.25) is 5.02 Å². The zero-order valence-electron chi connectivity index (χ0n) is 9.03. The molecule has 1 nitrogen and oxygen atoms in total. The molecule has 82 valence electrons. The van der Waals surface area contributed by atoms with Crippen molar-refractivity contribution in [3.8, 4) is 0 Å². The van der Waals surface area contributed by atoms with Gasteiger partial charge in [0.15, 0.2) is 0 Å². The van der Waals surface area contributed by atoms with Gasteiger partial charge in [0.25, 0.3) is 0 Å². The van der Waals surface area contributed by atoms with Crippen LogP contribution < -0.4 is 5.32 Å². The molecule has 1 saturated heterocycles. The third-order valence-corrected chi connectivity index (χ3v) is 3.64. The van der Waals surface area contributed by atoms with Crippen LogP contribution in [-0.4, -0.2) is 13.1 Å². The quantitative estimate of drug-likeness (QED) is 0.777. The smallest absolute Gasteiger partial charge is 0.127 e. The molecule has 1 heterocycles. The van der Waals surface area contributed by atoms with Gasteiger partial charge in [0, 0.05) is 11.6 Å². The van der Waals surface area contributed by atoms with Gasteiger partial charge in [-0.25, -0.2) is 4.39 Å². The molecule has 1 aromatic rings. The van der Waals surface area contributed by atoms with Crippen molar-refractivity contribution < 1.29 is 4.39 Å². The van der Waals surface area contributed by atoms with E-state index in [1.54, 1.807) is 0 Å². The number of halogens is 2. The molecular weight excluding hydrogens is 213 g/mol. The SMILES string of the molecule is Cc1c(F)cc(Cl)c(C)c1C1CCNC1. The Labute approximate surface area is 94.6 Å². The first-order valence-corrected chi connectivity index (χ1v) is 5.65. The van der Waals surface area contributed by atoms with Crippen molar-refractivity contribution in [2.24, 2.45) is 0 Å². The average Bonchev–Trinajstić information content (AvgIpc) is 2.69. The molecule has 0 amide bonds. The van der Waals surface area contributed by atoms with Crippen molar-refractivity contribution >= 4 is 11.6 Å². The molecule has 2 rings (SSSR count). The van der Waals surface area contributed by atoms with E-state index < -0.39 is 0 Å². The van der Waals surface area contributed by atoms with Gasteiger partial charge in [-0.3, -0.25) is 0 Å². The average molecular weight is 228 g/mol. The summed E-state index contributed by atoms with van der Waals surface area (Å²) in [5.41, 5.74) is 2.89. The van der Waals surface area contributed by atoms with E-state index in [2.05, 4.69) is 5.32 Å². The molecule has 1 N–H and O–H groups in total. The fourth-order valence-electron chi connectivity index (χ4n) is 2.38. The first-order valence-electron chi connectivity index (χ1n) is 5.27. The van der Waals surface area contributed by atoms with Gasteiger partial charge in [-0.15, -0.1) is 0 Å². The summed E-state index contributed by atoms with van der Waals surface area (Å²) < 4.78 is 13.6. The Morgan fingerprint density at radius 1 is 1.40 bits per heavy atom. The molecule has 1 aromatic carbocycles. The van der Waals surface area contributed by atoms with Crippen molar-refractivity contribution in [1.82, 2.24) is 5.32 Å². The summed E-state index contributed by atoms with van der Waals surface area (Å²) in [5.74, 6) is 0.227. The summed E-state index contributed by atoms with van der Waals surface area (Å²) in [4.78, 5) is 0. The van der Waals surface area contributed by atoms with Crippen molar-refractivity contribution in [2.45, 2.75) is 26.2 Å². The van der Waals surface area contributed by atoms with Gasteiger partial charge in [0.05, 0.1) is 0 Å². The minimum atomic E-state index is -0.188. The molecule has 1 aliphatic rings. The highest BCUT2D eigenvalue weighted by Crippen LogP contribution is 2.33. The van der Waals surface area contributed by atoms with Gasteiger partial charge in [0.1, 0.15) is 5.82 Å². The monoisotopic (exact) mass is 227 g/mol. The highest BCUT2D eigenvalue weighted by molar-refractivity contribution is 6.31. The third-order valence-electron chi connectivity index (χ3n) is 3.25. The predicted octanol–water partition coefficient (Wildman–Crippen LogP) is 3.17. The van der Waals surface area contributed by atoms with E-state index in [1.807, 2.05) is 13.8 Å². The predicted molar refractivity (Wildman–Crippen MR) is 61.1 cm³/mol. The van der Waals surface area contributed by atoms with E-state index in [0.29, 0.717) is 10.9 Å². The van der Waals surface area contributed by atoms with Crippen LogP contribution in [0.5, 0.6) is 0 Å². The molecule has 15 heavy (non-hydrogen) atoms. The van der Waals surface area contributed by atoms with Crippen LogP contribution in [0.3, 0.4) is 0 Å². The van der Waals surface area contributed by atoms with E-state index in [0.717, 1.165) is 36.2 Å². The number of hydrogen-bond donors (Lipinski definition) is 1. The Morgan fingerprint density at radius 2 is 2.13 bits per heavy atom. The maximum atomic E-state index is 13.6. The van der Waals surface area contributed by atoms with Crippen LogP contribution >= 0.6 is 11.6 Å². The molecule has 0 bridgehead atoms. The normalized spacial score (nSPS) is 20.9. The fourth-order valence-corrected chi connectivity index (χ4v) is 2.58. The second-order valence-electron chi connectivity index (χ2n) is 4.19. The van der Waals surface area contributed by atoms with Gasteiger partial charge in [-0.2, -0.15) is 0 Å². The van der Waals surface area contributed by atoms with Crippen LogP contribution in [-0.2, 0) is 0 Å². The topological polar surface area (TPSA) is 12.0 Å². The third kappa shape index (κ3) is 1.88. The maximum absolute atomic E-state index is 13.6.